The van der Waals surface area contributed by atoms with E-state index >= 15 is 0 Å². The third kappa shape index (κ3) is 4.41. The van der Waals surface area contributed by atoms with E-state index in [1.807, 2.05) is 12.1 Å². The molecule has 1 aromatic carbocycles. The molecule has 1 heterocycles. The number of hydrogen-bond donors (Lipinski definition) is 1. The van der Waals surface area contributed by atoms with Gasteiger partial charge in [-0.3, -0.25) is 15.0 Å². The van der Waals surface area contributed by atoms with E-state index in [1.165, 1.54) is 6.42 Å². The number of nitrogens with one attached hydrogen (secondary N) is 1. The molecule has 0 saturated carbocycles. The van der Waals surface area contributed by atoms with Crippen LogP contribution < -0.4 is 5.32 Å². The lowest BCUT2D eigenvalue weighted by atomic mass is 10.1. The minimum Gasteiger partial charge on any atom is -0.383 e. The van der Waals surface area contributed by atoms with Gasteiger partial charge in [0.25, 0.3) is 5.69 Å². The van der Waals surface area contributed by atoms with Gasteiger partial charge in [-0.1, -0.05) is 6.07 Å². The van der Waals surface area contributed by atoms with Crippen LogP contribution in [0.1, 0.15) is 24.8 Å². The highest BCUT2D eigenvalue weighted by Crippen LogP contribution is 2.25. The number of anilines is 1. The number of rotatable bonds is 6. The molecule has 1 saturated heterocycles. The number of ether oxygens (including phenoxy) is 1. The van der Waals surface area contributed by atoms with Crippen LogP contribution >= 0.6 is 0 Å². The van der Waals surface area contributed by atoms with E-state index in [-0.39, 0.29) is 10.6 Å². The van der Waals surface area contributed by atoms with E-state index in [4.69, 9.17) is 4.74 Å². The van der Waals surface area contributed by atoms with Crippen LogP contribution in [0.3, 0.4) is 0 Å². The maximum Gasteiger partial charge on any atom is 0.292 e. The molecule has 6 nitrogen and oxygen atoms in total. The van der Waals surface area contributed by atoms with Crippen molar-refractivity contribution in [2.75, 3.05) is 32.6 Å². The molecule has 0 radical (unpaired) electrons. The van der Waals surface area contributed by atoms with Gasteiger partial charge in [-0.25, -0.2) is 0 Å². The Kier molecular flexibility index (Phi) is 5.52. The maximum atomic E-state index is 10.9. The number of nitrogens with zero attached hydrogens (tertiary/aromatic N) is 2. The van der Waals surface area contributed by atoms with Crippen LogP contribution in [0, 0.1) is 10.1 Å². The minimum absolute atomic E-state index is 0.111. The molecular weight excluding hydrogens is 270 g/mol. The zero-order valence-corrected chi connectivity index (χ0v) is 12.7. The molecule has 1 fully saturated rings. The van der Waals surface area contributed by atoms with Gasteiger partial charge in [-0.05, 0) is 37.9 Å². The summed E-state index contributed by atoms with van der Waals surface area (Å²) in [5.74, 6) is 0. The molecule has 0 aromatic heterocycles. The first-order valence-electron chi connectivity index (χ1n) is 7.35. The Morgan fingerprint density at radius 3 is 2.90 bits per heavy atom. The van der Waals surface area contributed by atoms with Gasteiger partial charge in [0.05, 0.1) is 11.0 Å². The first-order valence-corrected chi connectivity index (χ1v) is 7.35. The lowest BCUT2D eigenvalue weighted by molar-refractivity contribution is -0.384. The minimum atomic E-state index is -0.366. The van der Waals surface area contributed by atoms with Gasteiger partial charge in [-0.15, -0.1) is 0 Å². The van der Waals surface area contributed by atoms with E-state index in [1.54, 1.807) is 13.1 Å². The second kappa shape index (κ2) is 7.38. The lowest BCUT2D eigenvalue weighted by Gasteiger charge is -2.27. The van der Waals surface area contributed by atoms with Crippen molar-refractivity contribution in [3.63, 3.8) is 0 Å². The molecule has 0 bridgehead atoms. The molecule has 1 atom stereocenters. The summed E-state index contributed by atoms with van der Waals surface area (Å²) in [7, 11) is 3.75. The Bertz CT molecular complexity index is 487. The number of benzene rings is 1. The molecule has 0 amide bonds. The summed E-state index contributed by atoms with van der Waals surface area (Å²) < 4.78 is 5.74. The number of hydrogen-bond acceptors (Lipinski definition) is 5. The summed E-state index contributed by atoms with van der Waals surface area (Å²) in [5, 5.41) is 13.8. The van der Waals surface area contributed by atoms with E-state index in [2.05, 4.69) is 17.3 Å². The Morgan fingerprint density at radius 2 is 2.29 bits per heavy atom. The van der Waals surface area contributed by atoms with Crippen molar-refractivity contribution in [3.05, 3.63) is 33.9 Å². The standard InChI is InChI=1S/C15H23N3O3/c1-16-14-9-12(6-7-15(14)18(19)20)10-17(2)11-13-5-3-4-8-21-13/h6-7,9,13,16H,3-5,8,10-11H2,1-2H3. The zero-order chi connectivity index (χ0) is 15.2. The van der Waals surface area contributed by atoms with Gasteiger partial charge in [0, 0.05) is 32.8 Å². The average Bonchev–Trinajstić information content (AvgIpc) is 2.47. The van der Waals surface area contributed by atoms with Crippen LogP contribution in [0.15, 0.2) is 18.2 Å². The molecule has 1 unspecified atom stereocenters. The van der Waals surface area contributed by atoms with Crippen molar-refractivity contribution in [1.29, 1.82) is 0 Å². The van der Waals surface area contributed by atoms with Crippen LogP contribution in [0.5, 0.6) is 0 Å². The number of likely N-dealkylation sites (N-methyl/N-ethyl adjacent to an activating group) is 1. The third-order valence-corrected chi connectivity index (χ3v) is 3.77. The maximum absolute atomic E-state index is 10.9. The summed E-state index contributed by atoms with van der Waals surface area (Å²) in [6.07, 6.45) is 3.83. The fourth-order valence-corrected chi connectivity index (χ4v) is 2.72. The van der Waals surface area contributed by atoms with E-state index in [0.717, 1.165) is 38.1 Å². The summed E-state index contributed by atoms with van der Waals surface area (Å²) in [6, 6.07) is 5.22. The summed E-state index contributed by atoms with van der Waals surface area (Å²) >= 11 is 0. The first-order chi connectivity index (χ1) is 10.1. The number of nitro benzene ring substituents is 1. The van der Waals surface area contributed by atoms with Crippen LogP contribution in [0.4, 0.5) is 11.4 Å². The summed E-state index contributed by atoms with van der Waals surface area (Å²) in [6.45, 7) is 2.51. The van der Waals surface area contributed by atoms with Crippen molar-refractivity contribution in [1.82, 2.24) is 4.90 Å². The van der Waals surface area contributed by atoms with Gasteiger partial charge in [0.2, 0.25) is 0 Å². The number of nitro groups is 1. The van der Waals surface area contributed by atoms with Crippen molar-refractivity contribution < 1.29 is 9.66 Å². The molecule has 21 heavy (non-hydrogen) atoms. The molecule has 116 valence electrons. The average molecular weight is 293 g/mol. The molecule has 1 aliphatic rings. The van der Waals surface area contributed by atoms with Crippen LogP contribution in [-0.4, -0.2) is 43.2 Å². The highest BCUT2D eigenvalue weighted by Gasteiger charge is 2.17. The third-order valence-electron chi connectivity index (χ3n) is 3.77. The van der Waals surface area contributed by atoms with Crippen molar-refractivity contribution in [3.8, 4) is 0 Å². The SMILES string of the molecule is CNc1cc(CN(C)CC2CCCCO2)ccc1[N+](=O)[O-]. The van der Waals surface area contributed by atoms with Gasteiger partial charge in [-0.2, -0.15) is 0 Å². The van der Waals surface area contributed by atoms with Crippen LogP contribution in [0.2, 0.25) is 0 Å². The summed E-state index contributed by atoms with van der Waals surface area (Å²) in [5.41, 5.74) is 1.72. The van der Waals surface area contributed by atoms with Crippen molar-refractivity contribution in [2.45, 2.75) is 31.9 Å². The monoisotopic (exact) mass is 293 g/mol. The molecule has 1 aromatic rings. The highest BCUT2D eigenvalue weighted by molar-refractivity contribution is 5.62. The first kappa shape index (κ1) is 15.7. The van der Waals surface area contributed by atoms with Crippen LogP contribution in [0.25, 0.3) is 0 Å². The normalized spacial score (nSPS) is 18.7. The second-order valence-electron chi connectivity index (χ2n) is 5.54. The fraction of sp³-hybridized carbons (Fsp3) is 0.600. The van der Waals surface area contributed by atoms with Crippen LogP contribution in [-0.2, 0) is 11.3 Å². The molecule has 2 rings (SSSR count). The Hall–Kier alpha value is -1.66. The lowest BCUT2D eigenvalue weighted by Crippen LogP contribution is -2.33. The van der Waals surface area contributed by atoms with E-state index in [0.29, 0.717) is 11.8 Å². The van der Waals surface area contributed by atoms with Gasteiger partial charge in [0.15, 0.2) is 0 Å². The zero-order valence-electron chi connectivity index (χ0n) is 12.7. The van der Waals surface area contributed by atoms with E-state index in [9.17, 15) is 10.1 Å². The van der Waals surface area contributed by atoms with E-state index < -0.39 is 0 Å². The topological polar surface area (TPSA) is 67.6 Å². The predicted octanol–water partition coefficient (Wildman–Crippen LogP) is 2.64. The highest BCUT2D eigenvalue weighted by atomic mass is 16.6. The van der Waals surface area contributed by atoms with Gasteiger partial charge < -0.3 is 10.1 Å². The van der Waals surface area contributed by atoms with Crippen molar-refractivity contribution in [2.24, 2.45) is 0 Å². The Morgan fingerprint density at radius 1 is 1.48 bits per heavy atom. The molecule has 1 N–H and O–H groups in total. The largest absolute Gasteiger partial charge is 0.383 e. The second-order valence-corrected chi connectivity index (χ2v) is 5.54. The van der Waals surface area contributed by atoms with Gasteiger partial charge >= 0.3 is 0 Å². The molecule has 0 spiro atoms. The summed E-state index contributed by atoms with van der Waals surface area (Å²) in [4.78, 5) is 12.8. The van der Waals surface area contributed by atoms with Gasteiger partial charge in [0.1, 0.15) is 5.69 Å². The smallest absolute Gasteiger partial charge is 0.292 e. The quantitative estimate of drug-likeness (QED) is 0.645. The molecular formula is C15H23N3O3. The molecule has 1 aliphatic heterocycles. The van der Waals surface area contributed by atoms with Crippen molar-refractivity contribution >= 4 is 11.4 Å². The molecule has 0 aliphatic carbocycles. The Balaban J connectivity index is 1.96. The predicted molar refractivity (Wildman–Crippen MR) is 82.6 cm³/mol. The fourth-order valence-electron chi connectivity index (χ4n) is 2.72. The Labute approximate surface area is 125 Å². The molecule has 6 heteroatoms.